The number of rotatable bonds is 6. The van der Waals surface area contributed by atoms with Crippen molar-refractivity contribution in [3.05, 3.63) is 33.9 Å². The van der Waals surface area contributed by atoms with Gasteiger partial charge in [0.25, 0.3) is 5.69 Å². The summed E-state index contributed by atoms with van der Waals surface area (Å²) in [6.07, 6.45) is -3.98. The van der Waals surface area contributed by atoms with E-state index in [4.69, 9.17) is 4.74 Å². The first-order valence-electron chi connectivity index (χ1n) is 5.83. The highest BCUT2D eigenvalue weighted by atomic mass is 19.4. The van der Waals surface area contributed by atoms with Gasteiger partial charge in [0.15, 0.2) is 0 Å². The van der Waals surface area contributed by atoms with Gasteiger partial charge in [0.1, 0.15) is 5.69 Å². The molecule has 5 nitrogen and oxygen atoms in total. The zero-order valence-electron chi connectivity index (χ0n) is 11.1. The van der Waals surface area contributed by atoms with Crippen molar-refractivity contribution in [2.24, 2.45) is 0 Å². The molecule has 0 unspecified atom stereocenters. The predicted octanol–water partition coefficient (Wildman–Crippen LogP) is 3.09. The Balaban J connectivity index is 3.04. The van der Waals surface area contributed by atoms with E-state index in [1.54, 1.807) is 7.05 Å². The molecule has 0 fully saturated rings. The Morgan fingerprint density at radius 2 is 2.05 bits per heavy atom. The smallest absolute Gasteiger partial charge is 0.385 e. The van der Waals surface area contributed by atoms with E-state index in [1.807, 2.05) is 0 Å². The number of anilines is 1. The van der Waals surface area contributed by atoms with Crippen LogP contribution in [0.15, 0.2) is 18.2 Å². The van der Waals surface area contributed by atoms with Crippen molar-refractivity contribution < 1.29 is 22.8 Å². The number of nitrogens with zero attached hydrogens (tertiary/aromatic N) is 2. The van der Waals surface area contributed by atoms with Crippen molar-refractivity contribution in [1.29, 1.82) is 0 Å². The molecule has 20 heavy (non-hydrogen) atoms. The van der Waals surface area contributed by atoms with Crippen molar-refractivity contribution in [3.8, 4) is 0 Å². The maximum atomic E-state index is 12.6. The summed E-state index contributed by atoms with van der Waals surface area (Å²) in [5.74, 6) is 0. The molecule has 0 saturated heterocycles. The lowest BCUT2D eigenvalue weighted by atomic mass is 10.1. The Hall–Kier alpha value is -1.83. The van der Waals surface area contributed by atoms with Crippen molar-refractivity contribution >= 4 is 11.4 Å². The lowest BCUT2D eigenvalue weighted by Crippen LogP contribution is -2.21. The Kier molecular flexibility index (Phi) is 5.32. The van der Waals surface area contributed by atoms with Crippen LogP contribution in [-0.2, 0) is 10.9 Å². The average molecular weight is 292 g/mol. The average Bonchev–Trinajstić information content (AvgIpc) is 2.37. The summed E-state index contributed by atoms with van der Waals surface area (Å²) >= 11 is 0. The minimum Gasteiger partial charge on any atom is -0.385 e. The molecular weight excluding hydrogens is 277 g/mol. The van der Waals surface area contributed by atoms with Gasteiger partial charge in [-0.05, 0) is 18.6 Å². The van der Waals surface area contributed by atoms with E-state index in [0.29, 0.717) is 25.6 Å². The second-order valence-electron chi connectivity index (χ2n) is 4.23. The second kappa shape index (κ2) is 6.56. The molecule has 112 valence electrons. The molecule has 0 saturated carbocycles. The van der Waals surface area contributed by atoms with Gasteiger partial charge in [-0.25, -0.2) is 0 Å². The molecule has 0 atom stereocenters. The monoisotopic (exact) mass is 292 g/mol. The van der Waals surface area contributed by atoms with Crippen LogP contribution >= 0.6 is 0 Å². The van der Waals surface area contributed by atoms with Gasteiger partial charge in [-0.1, -0.05) is 0 Å². The molecule has 0 radical (unpaired) electrons. The zero-order valence-corrected chi connectivity index (χ0v) is 11.1. The summed E-state index contributed by atoms with van der Waals surface area (Å²) in [5, 5.41) is 10.9. The largest absolute Gasteiger partial charge is 0.416 e. The summed E-state index contributed by atoms with van der Waals surface area (Å²) in [6, 6.07) is 2.52. The van der Waals surface area contributed by atoms with Crippen LogP contribution in [0.2, 0.25) is 0 Å². The van der Waals surface area contributed by atoms with Gasteiger partial charge < -0.3 is 9.64 Å². The van der Waals surface area contributed by atoms with Gasteiger partial charge in [-0.2, -0.15) is 13.2 Å². The van der Waals surface area contributed by atoms with Crippen LogP contribution in [0.4, 0.5) is 24.5 Å². The fourth-order valence-corrected chi connectivity index (χ4v) is 1.74. The van der Waals surface area contributed by atoms with Gasteiger partial charge in [0.2, 0.25) is 0 Å². The quantitative estimate of drug-likeness (QED) is 0.459. The van der Waals surface area contributed by atoms with Crippen LogP contribution in [0.5, 0.6) is 0 Å². The first-order valence-corrected chi connectivity index (χ1v) is 5.83. The third-order valence-corrected chi connectivity index (χ3v) is 2.75. The number of nitro groups is 1. The molecule has 0 heterocycles. The standard InChI is InChI=1S/C12H15F3N2O3/c1-16(6-3-7-20-2)10-5-4-9(12(13,14)15)8-11(10)17(18)19/h4-5,8H,3,6-7H2,1-2H3. The first kappa shape index (κ1) is 16.2. The highest BCUT2D eigenvalue weighted by Crippen LogP contribution is 2.36. The van der Waals surface area contributed by atoms with Gasteiger partial charge in [0.05, 0.1) is 10.5 Å². The van der Waals surface area contributed by atoms with E-state index >= 15 is 0 Å². The van der Waals surface area contributed by atoms with Gasteiger partial charge in [-0.3, -0.25) is 10.1 Å². The molecule has 0 aliphatic carbocycles. The molecule has 8 heteroatoms. The third kappa shape index (κ3) is 4.09. The Labute approximate surface area is 114 Å². The van der Waals surface area contributed by atoms with E-state index in [-0.39, 0.29) is 5.69 Å². The molecule has 0 aliphatic rings. The Morgan fingerprint density at radius 1 is 1.40 bits per heavy atom. The van der Waals surface area contributed by atoms with E-state index in [2.05, 4.69) is 0 Å². The van der Waals surface area contributed by atoms with E-state index in [1.165, 1.54) is 12.0 Å². The molecule has 1 rings (SSSR count). The number of alkyl halides is 3. The minimum atomic E-state index is -4.60. The van der Waals surface area contributed by atoms with Crippen molar-refractivity contribution in [2.45, 2.75) is 12.6 Å². The lowest BCUT2D eigenvalue weighted by molar-refractivity contribution is -0.384. The van der Waals surface area contributed by atoms with Crippen LogP contribution in [0.1, 0.15) is 12.0 Å². The van der Waals surface area contributed by atoms with Crippen LogP contribution < -0.4 is 4.90 Å². The first-order chi connectivity index (χ1) is 9.27. The topological polar surface area (TPSA) is 55.6 Å². The van der Waals surface area contributed by atoms with Crippen molar-refractivity contribution in [1.82, 2.24) is 0 Å². The van der Waals surface area contributed by atoms with E-state index in [9.17, 15) is 23.3 Å². The molecule has 0 aliphatic heterocycles. The maximum Gasteiger partial charge on any atom is 0.416 e. The predicted molar refractivity (Wildman–Crippen MR) is 67.9 cm³/mol. The van der Waals surface area contributed by atoms with Crippen molar-refractivity contribution in [3.63, 3.8) is 0 Å². The molecule has 0 amide bonds. The number of ether oxygens (including phenoxy) is 1. The van der Waals surface area contributed by atoms with Crippen molar-refractivity contribution in [2.75, 3.05) is 32.2 Å². The van der Waals surface area contributed by atoms with Gasteiger partial charge >= 0.3 is 6.18 Å². The molecule has 0 N–H and O–H groups in total. The zero-order chi connectivity index (χ0) is 15.3. The molecule has 0 aromatic heterocycles. The minimum absolute atomic E-state index is 0.152. The third-order valence-electron chi connectivity index (χ3n) is 2.75. The van der Waals surface area contributed by atoms with Crippen LogP contribution in [0, 0.1) is 10.1 Å². The highest BCUT2D eigenvalue weighted by molar-refractivity contribution is 5.64. The van der Waals surface area contributed by atoms with Gasteiger partial charge in [-0.15, -0.1) is 0 Å². The summed E-state index contributed by atoms with van der Waals surface area (Å²) < 4.78 is 42.5. The van der Waals surface area contributed by atoms with Crippen LogP contribution in [0.25, 0.3) is 0 Å². The molecule has 1 aromatic rings. The molecule has 1 aromatic carbocycles. The number of hydrogen-bond donors (Lipinski definition) is 0. The SMILES string of the molecule is COCCCN(C)c1ccc(C(F)(F)F)cc1[N+](=O)[O-]. The molecule has 0 spiro atoms. The summed E-state index contributed by atoms with van der Waals surface area (Å²) in [5.41, 5.74) is -1.43. The van der Waals surface area contributed by atoms with E-state index < -0.39 is 22.4 Å². The number of hydrogen-bond acceptors (Lipinski definition) is 4. The van der Waals surface area contributed by atoms with Crippen LogP contribution in [-0.4, -0.2) is 32.2 Å². The summed E-state index contributed by atoms with van der Waals surface area (Å²) in [4.78, 5) is 11.7. The Morgan fingerprint density at radius 3 is 2.55 bits per heavy atom. The molecule has 0 bridgehead atoms. The summed E-state index contributed by atoms with van der Waals surface area (Å²) in [6.45, 7) is 0.915. The number of methoxy groups -OCH3 is 1. The number of halogens is 3. The van der Waals surface area contributed by atoms with Gasteiger partial charge in [0, 0.05) is 33.4 Å². The number of nitro benzene ring substituents is 1. The molecular formula is C12H15F3N2O3. The van der Waals surface area contributed by atoms with Crippen LogP contribution in [0.3, 0.4) is 0 Å². The highest BCUT2D eigenvalue weighted by Gasteiger charge is 2.33. The van der Waals surface area contributed by atoms with E-state index in [0.717, 1.165) is 12.1 Å². The fourth-order valence-electron chi connectivity index (χ4n) is 1.74. The number of benzene rings is 1. The normalized spacial score (nSPS) is 11.4. The lowest BCUT2D eigenvalue weighted by Gasteiger charge is -2.19. The Bertz CT molecular complexity index is 478. The fraction of sp³-hybridized carbons (Fsp3) is 0.500. The second-order valence-corrected chi connectivity index (χ2v) is 4.23. The summed E-state index contributed by atoms with van der Waals surface area (Å²) in [7, 11) is 3.12. The maximum absolute atomic E-state index is 12.6.